The second-order valence-corrected chi connectivity index (χ2v) is 6.80. The highest BCUT2D eigenvalue weighted by atomic mass is 32.2. The molecule has 0 saturated carbocycles. The minimum atomic E-state index is -3.33. The molecule has 4 nitrogen and oxygen atoms in total. The maximum atomic E-state index is 12.3. The largest absolute Gasteiger partial charge is 0.456 e. The molecule has 0 aliphatic carbocycles. The Hall–Kier alpha value is -1.85. The van der Waals surface area contributed by atoms with Gasteiger partial charge >= 0.3 is 0 Å². The lowest BCUT2D eigenvalue weighted by Gasteiger charge is -2.12. The van der Waals surface area contributed by atoms with E-state index in [4.69, 9.17) is 10.5 Å². The average molecular weight is 305 g/mol. The Kier molecular flexibility index (Phi) is 4.98. The quantitative estimate of drug-likeness (QED) is 0.890. The zero-order valence-electron chi connectivity index (χ0n) is 12.0. The maximum absolute atomic E-state index is 12.3. The molecule has 0 radical (unpaired) electrons. The predicted molar refractivity (Wildman–Crippen MR) is 83.2 cm³/mol. The number of hydrogen-bond donors (Lipinski definition) is 1. The third-order valence-corrected chi connectivity index (χ3v) is 4.97. The highest BCUT2D eigenvalue weighted by Crippen LogP contribution is 2.29. The van der Waals surface area contributed by atoms with Crippen molar-refractivity contribution >= 4 is 9.84 Å². The van der Waals surface area contributed by atoms with Crippen molar-refractivity contribution in [2.24, 2.45) is 5.73 Å². The standard InChI is InChI=1S/C16H19NO3S/c1-2-10-21(18,19)16-9-4-3-8-15(16)20-14-7-5-6-13(11-14)12-17/h3-9,11H,2,10,12,17H2,1H3. The Balaban J connectivity index is 2.36. The van der Waals surface area contributed by atoms with Crippen LogP contribution in [0.15, 0.2) is 53.4 Å². The van der Waals surface area contributed by atoms with E-state index in [0.29, 0.717) is 24.5 Å². The van der Waals surface area contributed by atoms with Crippen LogP contribution in [0, 0.1) is 0 Å². The number of para-hydroxylation sites is 1. The maximum Gasteiger partial charge on any atom is 0.182 e. The number of sulfone groups is 1. The third-order valence-electron chi connectivity index (χ3n) is 3.02. The van der Waals surface area contributed by atoms with E-state index in [1.54, 1.807) is 30.3 Å². The van der Waals surface area contributed by atoms with Crippen molar-refractivity contribution in [2.75, 3.05) is 5.75 Å². The monoisotopic (exact) mass is 305 g/mol. The molecule has 2 N–H and O–H groups in total. The van der Waals surface area contributed by atoms with Gasteiger partial charge in [0.15, 0.2) is 9.84 Å². The SMILES string of the molecule is CCCS(=O)(=O)c1ccccc1Oc1cccc(CN)c1. The Morgan fingerprint density at radius 3 is 2.57 bits per heavy atom. The smallest absolute Gasteiger partial charge is 0.182 e. The van der Waals surface area contributed by atoms with Gasteiger partial charge in [-0.15, -0.1) is 0 Å². The van der Waals surface area contributed by atoms with Crippen molar-refractivity contribution in [3.63, 3.8) is 0 Å². The van der Waals surface area contributed by atoms with Gasteiger partial charge in [0.1, 0.15) is 16.4 Å². The van der Waals surface area contributed by atoms with Crippen LogP contribution in [0.25, 0.3) is 0 Å². The van der Waals surface area contributed by atoms with Crippen molar-refractivity contribution < 1.29 is 13.2 Å². The lowest BCUT2D eigenvalue weighted by atomic mass is 10.2. The first kappa shape index (κ1) is 15.5. The van der Waals surface area contributed by atoms with Crippen molar-refractivity contribution in [1.82, 2.24) is 0 Å². The van der Waals surface area contributed by atoms with Crippen LogP contribution in [0.2, 0.25) is 0 Å². The van der Waals surface area contributed by atoms with Crippen molar-refractivity contribution in [3.8, 4) is 11.5 Å². The van der Waals surface area contributed by atoms with Crippen molar-refractivity contribution in [3.05, 3.63) is 54.1 Å². The highest BCUT2D eigenvalue weighted by Gasteiger charge is 2.18. The van der Waals surface area contributed by atoms with E-state index in [0.717, 1.165) is 5.56 Å². The molecular weight excluding hydrogens is 286 g/mol. The number of benzene rings is 2. The van der Waals surface area contributed by atoms with Gasteiger partial charge < -0.3 is 10.5 Å². The number of hydrogen-bond acceptors (Lipinski definition) is 4. The fraction of sp³-hybridized carbons (Fsp3) is 0.250. The van der Waals surface area contributed by atoms with Crippen LogP contribution >= 0.6 is 0 Å². The molecule has 112 valence electrons. The summed E-state index contributed by atoms with van der Waals surface area (Å²) < 4.78 is 30.3. The first-order valence-corrected chi connectivity index (χ1v) is 8.50. The van der Waals surface area contributed by atoms with E-state index in [1.807, 2.05) is 25.1 Å². The second-order valence-electron chi connectivity index (χ2n) is 4.72. The van der Waals surface area contributed by atoms with E-state index in [1.165, 1.54) is 0 Å². The molecule has 2 aromatic carbocycles. The lowest BCUT2D eigenvalue weighted by molar-refractivity contribution is 0.467. The minimum Gasteiger partial charge on any atom is -0.456 e. The third kappa shape index (κ3) is 3.83. The van der Waals surface area contributed by atoms with E-state index >= 15 is 0 Å². The van der Waals surface area contributed by atoms with E-state index in [2.05, 4.69) is 0 Å². The molecule has 0 unspecified atom stereocenters. The number of nitrogens with two attached hydrogens (primary N) is 1. The van der Waals surface area contributed by atoms with Crippen LogP contribution in [0.4, 0.5) is 0 Å². The van der Waals surface area contributed by atoms with Crippen LogP contribution in [0.5, 0.6) is 11.5 Å². The van der Waals surface area contributed by atoms with Crippen LogP contribution < -0.4 is 10.5 Å². The average Bonchev–Trinajstić information content (AvgIpc) is 2.48. The van der Waals surface area contributed by atoms with Gasteiger partial charge in [-0.05, 0) is 36.2 Å². The van der Waals surface area contributed by atoms with Crippen molar-refractivity contribution in [1.29, 1.82) is 0 Å². The summed E-state index contributed by atoms with van der Waals surface area (Å²) in [4.78, 5) is 0.227. The topological polar surface area (TPSA) is 69.4 Å². The van der Waals surface area contributed by atoms with Gasteiger partial charge in [0, 0.05) is 6.54 Å². The normalized spacial score (nSPS) is 11.3. The fourth-order valence-corrected chi connectivity index (χ4v) is 3.49. The Morgan fingerprint density at radius 1 is 1.10 bits per heavy atom. The summed E-state index contributed by atoms with van der Waals surface area (Å²) in [6.07, 6.45) is 0.569. The summed E-state index contributed by atoms with van der Waals surface area (Å²) in [5.74, 6) is 1.04. The molecular formula is C16H19NO3S. The molecule has 0 amide bonds. The Morgan fingerprint density at radius 2 is 1.86 bits per heavy atom. The molecule has 5 heteroatoms. The van der Waals surface area contributed by atoms with E-state index < -0.39 is 9.84 Å². The predicted octanol–water partition coefficient (Wildman–Crippen LogP) is 3.12. The molecule has 2 aromatic rings. The summed E-state index contributed by atoms with van der Waals surface area (Å²) >= 11 is 0. The Labute approximate surface area is 125 Å². The van der Waals surface area contributed by atoms with Gasteiger partial charge in [-0.1, -0.05) is 31.2 Å². The molecule has 0 saturated heterocycles. The number of rotatable bonds is 6. The summed E-state index contributed by atoms with van der Waals surface area (Å²) in [7, 11) is -3.33. The molecule has 0 aliphatic rings. The van der Waals surface area contributed by atoms with E-state index in [9.17, 15) is 8.42 Å². The van der Waals surface area contributed by atoms with Gasteiger partial charge in [0.05, 0.1) is 5.75 Å². The van der Waals surface area contributed by atoms with Gasteiger partial charge in [0.2, 0.25) is 0 Å². The van der Waals surface area contributed by atoms with E-state index in [-0.39, 0.29) is 10.6 Å². The fourth-order valence-electron chi connectivity index (χ4n) is 2.03. The molecule has 21 heavy (non-hydrogen) atoms. The molecule has 2 rings (SSSR count). The van der Waals surface area contributed by atoms with Gasteiger partial charge in [0.25, 0.3) is 0 Å². The molecule has 0 atom stereocenters. The van der Waals surface area contributed by atoms with Gasteiger partial charge in [-0.2, -0.15) is 0 Å². The molecule has 0 bridgehead atoms. The molecule has 0 aliphatic heterocycles. The second kappa shape index (κ2) is 6.74. The van der Waals surface area contributed by atoms with Crippen LogP contribution in [0.3, 0.4) is 0 Å². The number of ether oxygens (including phenoxy) is 1. The molecule has 0 aromatic heterocycles. The van der Waals surface area contributed by atoms with Gasteiger partial charge in [-0.25, -0.2) is 8.42 Å². The first-order chi connectivity index (χ1) is 10.1. The lowest BCUT2D eigenvalue weighted by Crippen LogP contribution is -2.07. The van der Waals surface area contributed by atoms with Crippen molar-refractivity contribution in [2.45, 2.75) is 24.8 Å². The zero-order chi connectivity index (χ0) is 15.3. The molecule has 0 spiro atoms. The Bertz CT molecular complexity index is 711. The molecule has 0 heterocycles. The van der Waals surface area contributed by atoms with Crippen LogP contribution in [-0.4, -0.2) is 14.2 Å². The first-order valence-electron chi connectivity index (χ1n) is 6.85. The molecule has 0 fully saturated rings. The summed E-state index contributed by atoms with van der Waals surface area (Å²) in [5.41, 5.74) is 6.53. The van der Waals surface area contributed by atoms with Crippen LogP contribution in [-0.2, 0) is 16.4 Å². The summed E-state index contributed by atoms with van der Waals surface area (Å²) in [5, 5.41) is 0. The van der Waals surface area contributed by atoms with Gasteiger partial charge in [-0.3, -0.25) is 0 Å². The summed E-state index contributed by atoms with van der Waals surface area (Å²) in [6, 6.07) is 14.0. The van der Waals surface area contributed by atoms with Crippen LogP contribution in [0.1, 0.15) is 18.9 Å². The summed E-state index contributed by atoms with van der Waals surface area (Å²) in [6.45, 7) is 2.25. The zero-order valence-corrected chi connectivity index (χ0v) is 12.8. The minimum absolute atomic E-state index is 0.107. The highest BCUT2D eigenvalue weighted by molar-refractivity contribution is 7.91.